The summed E-state index contributed by atoms with van der Waals surface area (Å²) in [6, 6.07) is 0. The number of nitrogens with one attached hydrogen (secondary N) is 1. The van der Waals surface area contributed by atoms with Crippen LogP contribution in [-0.2, 0) is 9.59 Å². The van der Waals surface area contributed by atoms with Gasteiger partial charge in [0.25, 0.3) is 0 Å². The van der Waals surface area contributed by atoms with Gasteiger partial charge in [0.05, 0.1) is 5.41 Å². The zero-order chi connectivity index (χ0) is 12.9. The van der Waals surface area contributed by atoms with Gasteiger partial charge in [-0.25, -0.2) is 0 Å². The van der Waals surface area contributed by atoms with E-state index in [0.717, 1.165) is 0 Å². The van der Waals surface area contributed by atoms with E-state index >= 15 is 0 Å². The van der Waals surface area contributed by atoms with Crippen LogP contribution in [0.1, 0.15) is 41.0 Å². The molecule has 0 aliphatic heterocycles. The summed E-state index contributed by atoms with van der Waals surface area (Å²) < 4.78 is 0. The van der Waals surface area contributed by atoms with Crippen LogP contribution in [0.3, 0.4) is 0 Å². The predicted molar refractivity (Wildman–Crippen MR) is 63.0 cm³/mol. The van der Waals surface area contributed by atoms with Gasteiger partial charge in [-0.3, -0.25) is 9.59 Å². The van der Waals surface area contributed by atoms with Gasteiger partial charge >= 0.3 is 5.97 Å². The van der Waals surface area contributed by atoms with Crippen molar-refractivity contribution in [1.82, 2.24) is 5.32 Å². The summed E-state index contributed by atoms with van der Waals surface area (Å²) in [7, 11) is 0. The van der Waals surface area contributed by atoms with Crippen LogP contribution in [0.5, 0.6) is 0 Å². The van der Waals surface area contributed by atoms with Crippen molar-refractivity contribution in [2.45, 2.75) is 41.0 Å². The quantitative estimate of drug-likeness (QED) is 0.731. The molecule has 0 aromatic rings. The minimum atomic E-state index is -0.869. The Bertz CT molecular complexity index is 263. The smallest absolute Gasteiger partial charge is 0.311 e. The normalized spacial score (nSPS) is 16.6. The first kappa shape index (κ1) is 14.9. The Hall–Kier alpha value is -1.06. The summed E-state index contributed by atoms with van der Waals surface area (Å²) in [6.07, 6.45) is 0.499. The van der Waals surface area contributed by atoms with E-state index in [2.05, 4.69) is 5.32 Å². The van der Waals surface area contributed by atoms with E-state index in [-0.39, 0.29) is 24.3 Å². The van der Waals surface area contributed by atoms with Crippen LogP contribution in [-0.4, -0.2) is 23.5 Å². The Morgan fingerprint density at radius 2 is 1.81 bits per heavy atom. The predicted octanol–water partition coefficient (Wildman–Crippen LogP) is 1.90. The van der Waals surface area contributed by atoms with Crippen LogP contribution < -0.4 is 5.32 Å². The second kappa shape index (κ2) is 5.87. The Morgan fingerprint density at radius 1 is 1.31 bits per heavy atom. The Morgan fingerprint density at radius 3 is 2.12 bits per heavy atom. The van der Waals surface area contributed by atoms with E-state index in [9.17, 15) is 9.59 Å². The summed E-state index contributed by atoms with van der Waals surface area (Å²) in [6.45, 7) is 9.45. The lowest BCUT2D eigenvalue weighted by Crippen LogP contribution is -2.43. The summed E-state index contributed by atoms with van der Waals surface area (Å²) >= 11 is 0. The fraction of sp³-hybridized carbons (Fsp3) is 0.833. The molecule has 2 atom stereocenters. The number of carboxylic acid groups (broad SMARTS) is 1. The minimum absolute atomic E-state index is 0.0732. The molecule has 94 valence electrons. The highest BCUT2D eigenvalue weighted by Crippen LogP contribution is 2.20. The maximum absolute atomic E-state index is 11.7. The van der Waals surface area contributed by atoms with E-state index < -0.39 is 11.4 Å². The van der Waals surface area contributed by atoms with Crippen molar-refractivity contribution >= 4 is 11.9 Å². The Labute approximate surface area is 97.4 Å². The first-order valence-corrected chi connectivity index (χ1v) is 5.75. The van der Waals surface area contributed by atoms with Gasteiger partial charge in [0.2, 0.25) is 5.91 Å². The molecule has 16 heavy (non-hydrogen) atoms. The van der Waals surface area contributed by atoms with E-state index in [4.69, 9.17) is 5.11 Å². The topological polar surface area (TPSA) is 66.4 Å². The molecule has 0 bridgehead atoms. The zero-order valence-corrected chi connectivity index (χ0v) is 10.8. The lowest BCUT2D eigenvalue weighted by molar-refractivity contribution is -0.148. The molecular formula is C12H23NO3. The third-order valence-electron chi connectivity index (χ3n) is 3.36. The second-order valence-electron chi connectivity index (χ2n) is 4.97. The molecule has 0 aliphatic carbocycles. The first-order valence-electron chi connectivity index (χ1n) is 5.75. The van der Waals surface area contributed by atoms with Crippen LogP contribution in [0.25, 0.3) is 0 Å². The molecule has 0 fully saturated rings. The molecule has 0 saturated carbocycles. The van der Waals surface area contributed by atoms with Crippen LogP contribution in [0.4, 0.5) is 0 Å². The van der Waals surface area contributed by atoms with Gasteiger partial charge in [-0.1, -0.05) is 27.7 Å². The largest absolute Gasteiger partial charge is 0.481 e. The van der Waals surface area contributed by atoms with Crippen molar-refractivity contribution in [2.24, 2.45) is 17.3 Å². The molecule has 1 amide bonds. The fourth-order valence-corrected chi connectivity index (χ4v) is 1.10. The van der Waals surface area contributed by atoms with E-state index in [1.54, 1.807) is 6.92 Å². The molecule has 0 saturated heterocycles. The van der Waals surface area contributed by atoms with Gasteiger partial charge < -0.3 is 10.4 Å². The Kier molecular flexibility index (Phi) is 5.48. The molecule has 0 heterocycles. The highest BCUT2D eigenvalue weighted by atomic mass is 16.4. The second-order valence-corrected chi connectivity index (χ2v) is 4.97. The fourth-order valence-electron chi connectivity index (χ4n) is 1.10. The van der Waals surface area contributed by atoms with Gasteiger partial charge in [-0.05, 0) is 19.3 Å². The molecule has 4 heteroatoms. The first-order chi connectivity index (χ1) is 7.24. The maximum atomic E-state index is 11.7. The summed E-state index contributed by atoms with van der Waals surface area (Å²) in [5.41, 5.74) is -0.869. The Balaban J connectivity index is 4.34. The van der Waals surface area contributed by atoms with E-state index in [0.29, 0.717) is 6.42 Å². The van der Waals surface area contributed by atoms with Crippen molar-refractivity contribution in [2.75, 3.05) is 6.54 Å². The average Bonchev–Trinajstić information content (AvgIpc) is 2.23. The number of amides is 1. The molecule has 0 aromatic carbocycles. The molecule has 0 aromatic heterocycles. The third-order valence-corrected chi connectivity index (χ3v) is 3.36. The number of hydrogen-bond acceptors (Lipinski definition) is 2. The van der Waals surface area contributed by atoms with Crippen LogP contribution >= 0.6 is 0 Å². The van der Waals surface area contributed by atoms with Crippen LogP contribution in [0, 0.1) is 17.3 Å². The van der Waals surface area contributed by atoms with Crippen molar-refractivity contribution in [1.29, 1.82) is 0 Å². The number of rotatable bonds is 6. The number of carbonyl (C=O) groups is 2. The van der Waals surface area contributed by atoms with E-state index in [1.165, 1.54) is 0 Å². The molecular weight excluding hydrogens is 206 g/mol. The highest BCUT2D eigenvalue weighted by Gasteiger charge is 2.32. The number of carboxylic acids is 1. The van der Waals surface area contributed by atoms with Gasteiger partial charge in [-0.2, -0.15) is 0 Å². The van der Waals surface area contributed by atoms with Crippen molar-refractivity contribution in [3.63, 3.8) is 0 Å². The molecule has 0 radical (unpaired) electrons. The standard InChI is InChI=1S/C12H23NO3/c1-6-12(5,11(15)16)7-13-10(14)9(4)8(2)3/h8-9H,6-7H2,1-5H3,(H,13,14)(H,15,16). The van der Waals surface area contributed by atoms with Gasteiger partial charge in [-0.15, -0.1) is 0 Å². The monoisotopic (exact) mass is 229 g/mol. The van der Waals surface area contributed by atoms with Gasteiger partial charge in [0.1, 0.15) is 0 Å². The van der Waals surface area contributed by atoms with Crippen molar-refractivity contribution in [3.8, 4) is 0 Å². The third kappa shape index (κ3) is 3.83. The van der Waals surface area contributed by atoms with E-state index in [1.807, 2.05) is 27.7 Å². The molecule has 4 nitrogen and oxygen atoms in total. The van der Waals surface area contributed by atoms with Crippen LogP contribution in [0.2, 0.25) is 0 Å². The molecule has 2 unspecified atom stereocenters. The molecule has 2 N–H and O–H groups in total. The van der Waals surface area contributed by atoms with Gasteiger partial charge in [0.15, 0.2) is 0 Å². The molecule has 0 rings (SSSR count). The summed E-state index contributed by atoms with van der Waals surface area (Å²) in [5.74, 6) is -0.768. The molecule has 0 spiro atoms. The lowest BCUT2D eigenvalue weighted by Gasteiger charge is -2.25. The maximum Gasteiger partial charge on any atom is 0.311 e. The number of aliphatic carboxylic acids is 1. The lowest BCUT2D eigenvalue weighted by atomic mass is 9.87. The van der Waals surface area contributed by atoms with Crippen molar-refractivity contribution < 1.29 is 14.7 Å². The minimum Gasteiger partial charge on any atom is -0.481 e. The highest BCUT2D eigenvalue weighted by molar-refractivity contribution is 5.80. The average molecular weight is 229 g/mol. The van der Waals surface area contributed by atoms with Gasteiger partial charge in [0, 0.05) is 12.5 Å². The molecule has 0 aliphatic rings. The zero-order valence-electron chi connectivity index (χ0n) is 10.8. The summed E-state index contributed by atoms with van der Waals surface area (Å²) in [5, 5.41) is 11.8. The number of carbonyl (C=O) groups excluding carboxylic acids is 1. The number of hydrogen-bond donors (Lipinski definition) is 2. The summed E-state index contributed by atoms with van der Waals surface area (Å²) in [4.78, 5) is 22.7. The van der Waals surface area contributed by atoms with Crippen LogP contribution in [0.15, 0.2) is 0 Å². The van der Waals surface area contributed by atoms with Crippen molar-refractivity contribution in [3.05, 3.63) is 0 Å². The SMILES string of the molecule is CCC(C)(CNC(=O)C(C)C(C)C)C(=O)O.